The Morgan fingerprint density at radius 2 is 1.12 bits per heavy atom. The number of nitro benzene ring substituents is 2. The van der Waals surface area contributed by atoms with E-state index in [1.165, 1.54) is 89.5 Å². The summed E-state index contributed by atoms with van der Waals surface area (Å²) in [5.74, 6) is 0. The van der Waals surface area contributed by atoms with E-state index in [1.807, 2.05) is 0 Å². The number of aryl methyl sites for hydroxylation is 1. The van der Waals surface area contributed by atoms with Crippen molar-refractivity contribution in [2.75, 3.05) is 5.73 Å². The fourth-order valence-corrected chi connectivity index (χ4v) is 4.34. The van der Waals surface area contributed by atoms with Crippen LogP contribution in [0.25, 0.3) is 0 Å². The van der Waals surface area contributed by atoms with Crippen molar-refractivity contribution in [3.63, 3.8) is 0 Å². The minimum atomic E-state index is -0.640. The molecular formula is C25H43N3O4. The standard InChI is InChI=1S/C25H43N3O4/c1-3-4-5-6-7-8-9-10-11-12-13-14-15-16-17-18-19-22-20-23(27(29)30)24(26)25(21(22)2)28(31)32/h20H,3-19,26H2,1-2H3. The molecule has 1 aromatic rings. The Labute approximate surface area is 193 Å². The number of benzene rings is 1. The van der Waals surface area contributed by atoms with E-state index in [2.05, 4.69) is 6.92 Å². The van der Waals surface area contributed by atoms with Crippen molar-refractivity contribution in [3.8, 4) is 0 Å². The van der Waals surface area contributed by atoms with Gasteiger partial charge in [-0.25, -0.2) is 0 Å². The minimum absolute atomic E-state index is 0.328. The lowest BCUT2D eigenvalue weighted by molar-refractivity contribution is -0.392. The van der Waals surface area contributed by atoms with Crippen LogP contribution >= 0.6 is 0 Å². The summed E-state index contributed by atoms with van der Waals surface area (Å²) >= 11 is 0. The molecule has 0 amide bonds. The highest BCUT2D eigenvalue weighted by Crippen LogP contribution is 2.37. The molecule has 0 saturated carbocycles. The van der Waals surface area contributed by atoms with E-state index in [0.717, 1.165) is 19.3 Å². The van der Waals surface area contributed by atoms with Crippen LogP contribution in [0.15, 0.2) is 6.07 Å². The van der Waals surface area contributed by atoms with Gasteiger partial charge in [-0.1, -0.05) is 103 Å². The Morgan fingerprint density at radius 1 is 0.719 bits per heavy atom. The largest absolute Gasteiger partial charge is 0.387 e. The Kier molecular flexibility index (Phi) is 14.3. The summed E-state index contributed by atoms with van der Waals surface area (Å²) in [5.41, 5.74) is 5.71. The second-order valence-corrected chi connectivity index (χ2v) is 9.01. The quantitative estimate of drug-likeness (QED) is 0.0989. The lowest BCUT2D eigenvalue weighted by Crippen LogP contribution is -2.06. The van der Waals surface area contributed by atoms with Crippen molar-refractivity contribution in [1.82, 2.24) is 0 Å². The smallest absolute Gasteiger partial charge is 0.302 e. The van der Waals surface area contributed by atoms with E-state index >= 15 is 0 Å². The van der Waals surface area contributed by atoms with Crippen LogP contribution in [0.1, 0.15) is 121 Å². The van der Waals surface area contributed by atoms with E-state index in [-0.39, 0.29) is 17.1 Å². The number of rotatable bonds is 19. The van der Waals surface area contributed by atoms with Gasteiger partial charge >= 0.3 is 5.69 Å². The molecule has 1 rings (SSSR count). The Hall–Kier alpha value is -2.18. The van der Waals surface area contributed by atoms with Crippen molar-refractivity contribution >= 4 is 17.1 Å². The molecule has 1 aromatic carbocycles. The average molecular weight is 450 g/mol. The third-order valence-corrected chi connectivity index (χ3v) is 6.36. The van der Waals surface area contributed by atoms with Gasteiger partial charge in [0.15, 0.2) is 5.69 Å². The van der Waals surface area contributed by atoms with Crippen molar-refractivity contribution in [2.24, 2.45) is 0 Å². The van der Waals surface area contributed by atoms with Crippen molar-refractivity contribution in [1.29, 1.82) is 0 Å². The Morgan fingerprint density at radius 3 is 1.50 bits per heavy atom. The number of nitrogen functional groups attached to an aromatic ring is 1. The molecule has 0 fully saturated rings. The first-order valence-corrected chi connectivity index (χ1v) is 12.6. The van der Waals surface area contributed by atoms with Gasteiger partial charge in [-0.05, 0) is 25.3 Å². The molecule has 32 heavy (non-hydrogen) atoms. The zero-order chi connectivity index (χ0) is 23.8. The van der Waals surface area contributed by atoms with Crippen LogP contribution in [0.3, 0.4) is 0 Å². The minimum Gasteiger partial charge on any atom is -0.387 e. The molecule has 7 nitrogen and oxygen atoms in total. The molecule has 0 atom stereocenters. The molecule has 7 heteroatoms. The molecule has 0 saturated heterocycles. The summed E-state index contributed by atoms with van der Waals surface area (Å²) in [6.07, 6.45) is 21.1. The van der Waals surface area contributed by atoms with Crippen LogP contribution in [0.2, 0.25) is 0 Å². The molecule has 0 radical (unpaired) electrons. The number of anilines is 1. The van der Waals surface area contributed by atoms with E-state index in [0.29, 0.717) is 17.5 Å². The maximum atomic E-state index is 11.3. The van der Waals surface area contributed by atoms with E-state index in [9.17, 15) is 20.2 Å². The third kappa shape index (κ3) is 10.4. The van der Waals surface area contributed by atoms with Crippen molar-refractivity contribution < 1.29 is 9.85 Å². The third-order valence-electron chi connectivity index (χ3n) is 6.36. The number of hydrogen-bond acceptors (Lipinski definition) is 5. The summed E-state index contributed by atoms with van der Waals surface area (Å²) < 4.78 is 0. The summed E-state index contributed by atoms with van der Waals surface area (Å²) in [4.78, 5) is 21.2. The van der Waals surface area contributed by atoms with Gasteiger partial charge in [0.1, 0.15) is 0 Å². The molecule has 182 valence electrons. The molecule has 0 bridgehead atoms. The van der Waals surface area contributed by atoms with Crippen molar-refractivity contribution in [2.45, 2.75) is 123 Å². The average Bonchev–Trinajstić information content (AvgIpc) is 2.74. The van der Waals surface area contributed by atoms with Crippen LogP contribution in [-0.4, -0.2) is 9.85 Å². The first-order valence-electron chi connectivity index (χ1n) is 12.6. The first-order chi connectivity index (χ1) is 15.4. The number of hydrogen-bond donors (Lipinski definition) is 1. The van der Waals surface area contributed by atoms with Gasteiger partial charge in [0, 0.05) is 11.6 Å². The molecule has 0 spiro atoms. The second-order valence-electron chi connectivity index (χ2n) is 9.01. The van der Waals surface area contributed by atoms with Crippen LogP contribution in [0.4, 0.5) is 17.1 Å². The molecule has 2 N–H and O–H groups in total. The monoisotopic (exact) mass is 449 g/mol. The summed E-state index contributed by atoms with van der Waals surface area (Å²) in [6, 6.07) is 1.41. The van der Waals surface area contributed by atoms with Crippen LogP contribution < -0.4 is 5.73 Å². The summed E-state index contributed by atoms with van der Waals surface area (Å²) in [5, 5.41) is 22.5. The first kappa shape index (κ1) is 27.9. The number of nitro groups is 2. The molecule has 0 heterocycles. The SMILES string of the molecule is CCCCCCCCCCCCCCCCCCc1cc([N+](=O)[O-])c(N)c([N+](=O)[O-])c1C. The molecule has 0 aliphatic carbocycles. The second kappa shape index (κ2) is 16.5. The molecule has 0 aliphatic heterocycles. The molecule has 0 aliphatic rings. The predicted molar refractivity (Wildman–Crippen MR) is 132 cm³/mol. The highest BCUT2D eigenvalue weighted by molar-refractivity contribution is 5.75. The highest BCUT2D eigenvalue weighted by Gasteiger charge is 2.27. The number of unbranched alkanes of at least 4 members (excludes halogenated alkanes) is 15. The number of nitrogens with zero attached hydrogens (tertiary/aromatic N) is 2. The van der Waals surface area contributed by atoms with Gasteiger partial charge in [0.05, 0.1) is 9.85 Å². The van der Waals surface area contributed by atoms with Crippen LogP contribution in [0, 0.1) is 27.2 Å². The van der Waals surface area contributed by atoms with Crippen molar-refractivity contribution in [3.05, 3.63) is 37.4 Å². The van der Waals surface area contributed by atoms with E-state index in [1.54, 1.807) is 6.92 Å². The summed E-state index contributed by atoms with van der Waals surface area (Å²) in [7, 11) is 0. The van der Waals surface area contributed by atoms with Gasteiger partial charge < -0.3 is 5.73 Å². The van der Waals surface area contributed by atoms with E-state index < -0.39 is 9.85 Å². The number of nitrogens with two attached hydrogens (primary N) is 1. The zero-order valence-electron chi connectivity index (χ0n) is 20.2. The lowest BCUT2D eigenvalue weighted by Gasteiger charge is -2.09. The maximum Gasteiger partial charge on any atom is 0.302 e. The van der Waals surface area contributed by atoms with Gasteiger partial charge in [-0.15, -0.1) is 0 Å². The predicted octanol–water partition coefficient (Wildman–Crippen LogP) is 8.20. The Bertz CT molecular complexity index is 707. The Balaban J connectivity index is 2.15. The van der Waals surface area contributed by atoms with Crippen LogP contribution in [-0.2, 0) is 6.42 Å². The molecule has 0 unspecified atom stereocenters. The fourth-order valence-electron chi connectivity index (χ4n) is 4.34. The topological polar surface area (TPSA) is 112 Å². The zero-order valence-corrected chi connectivity index (χ0v) is 20.2. The van der Waals surface area contributed by atoms with Crippen LogP contribution in [0.5, 0.6) is 0 Å². The fraction of sp³-hybridized carbons (Fsp3) is 0.760. The maximum absolute atomic E-state index is 11.3. The van der Waals surface area contributed by atoms with Gasteiger partial charge in [-0.2, -0.15) is 0 Å². The highest BCUT2D eigenvalue weighted by atomic mass is 16.6. The van der Waals surface area contributed by atoms with Gasteiger partial charge in [-0.3, -0.25) is 20.2 Å². The van der Waals surface area contributed by atoms with Gasteiger partial charge in [0.25, 0.3) is 5.69 Å². The normalized spacial score (nSPS) is 11.1. The molecule has 0 aromatic heterocycles. The lowest BCUT2D eigenvalue weighted by atomic mass is 9.98. The van der Waals surface area contributed by atoms with E-state index in [4.69, 9.17) is 5.73 Å². The van der Waals surface area contributed by atoms with Gasteiger partial charge in [0.2, 0.25) is 0 Å². The molecular weight excluding hydrogens is 406 g/mol. The summed E-state index contributed by atoms with van der Waals surface area (Å²) in [6.45, 7) is 3.88.